The molecule has 0 aliphatic carbocycles. The number of hydrogen-bond donors (Lipinski definition) is 0. The summed E-state index contributed by atoms with van der Waals surface area (Å²) in [5.74, 6) is 0. The highest BCUT2D eigenvalue weighted by Crippen LogP contribution is 2.26. The Hall–Kier alpha value is -3.08. The lowest BCUT2D eigenvalue weighted by molar-refractivity contribution is 1.05. The smallest absolute Gasteiger partial charge is 0.115 e. The molecule has 0 aliphatic rings. The van der Waals surface area contributed by atoms with Crippen LogP contribution in [0.2, 0.25) is 0 Å². The maximum atomic E-state index is 8.50. The summed E-state index contributed by atoms with van der Waals surface area (Å²) in [4.78, 5) is 13.3. The molecular weight excluding hydrogens is 244 g/mol. The monoisotopic (exact) mass is 252 g/mol. The van der Waals surface area contributed by atoms with E-state index in [1.165, 1.54) is 6.33 Å². The third kappa shape index (κ3) is 3.19. The highest BCUT2D eigenvalue weighted by molar-refractivity contribution is 5.66. The third-order valence-corrected chi connectivity index (χ3v) is 2.35. The Labute approximate surface area is 108 Å². The third-order valence-electron chi connectivity index (χ3n) is 2.35. The first kappa shape index (κ1) is 12.4. The van der Waals surface area contributed by atoms with Gasteiger partial charge in [-0.25, -0.2) is 9.97 Å². The SMILES string of the molecule is [N-]=[N+]=NCc1cc(N=[N+]=[N-])cc(-c2cncnc2)c1. The van der Waals surface area contributed by atoms with Gasteiger partial charge in [0.2, 0.25) is 0 Å². The molecule has 0 saturated heterocycles. The summed E-state index contributed by atoms with van der Waals surface area (Å²) in [6, 6.07) is 5.23. The number of hydrogen-bond acceptors (Lipinski definition) is 4. The van der Waals surface area contributed by atoms with Crippen LogP contribution in [0.3, 0.4) is 0 Å². The van der Waals surface area contributed by atoms with E-state index >= 15 is 0 Å². The minimum atomic E-state index is 0.186. The Balaban J connectivity index is 2.50. The molecule has 0 bridgehead atoms. The number of aromatic nitrogens is 2. The zero-order chi connectivity index (χ0) is 13.5. The summed E-state index contributed by atoms with van der Waals surface area (Å²) >= 11 is 0. The Morgan fingerprint density at radius 1 is 1.00 bits per heavy atom. The molecule has 0 amide bonds. The second kappa shape index (κ2) is 6.02. The summed E-state index contributed by atoms with van der Waals surface area (Å²) in [6.07, 6.45) is 4.74. The summed E-state index contributed by atoms with van der Waals surface area (Å²) in [6.45, 7) is 0.186. The number of rotatable bonds is 4. The summed E-state index contributed by atoms with van der Waals surface area (Å²) < 4.78 is 0. The lowest BCUT2D eigenvalue weighted by Crippen LogP contribution is -1.86. The van der Waals surface area contributed by atoms with Crippen molar-refractivity contribution in [3.63, 3.8) is 0 Å². The van der Waals surface area contributed by atoms with Crippen molar-refractivity contribution < 1.29 is 0 Å². The molecule has 1 aromatic heterocycles. The standard InChI is InChI=1S/C11H8N8/c12-18-16-4-8-1-9(3-11(2-8)17-19-13)10-5-14-7-15-6-10/h1-3,5-7H,4H2. The van der Waals surface area contributed by atoms with E-state index in [2.05, 4.69) is 30.0 Å². The van der Waals surface area contributed by atoms with Gasteiger partial charge in [-0.05, 0) is 34.3 Å². The average molecular weight is 252 g/mol. The molecule has 2 rings (SSSR count). The van der Waals surface area contributed by atoms with Crippen LogP contribution in [0.4, 0.5) is 5.69 Å². The minimum absolute atomic E-state index is 0.186. The lowest BCUT2D eigenvalue weighted by Gasteiger charge is -2.05. The number of benzene rings is 1. The summed E-state index contributed by atoms with van der Waals surface area (Å²) in [5, 5.41) is 7.06. The molecule has 92 valence electrons. The van der Waals surface area contributed by atoms with Crippen LogP contribution in [-0.2, 0) is 6.54 Å². The zero-order valence-corrected chi connectivity index (χ0v) is 9.75. The van der Waals surface area contributed by atoms with E-state index in [1.807, 2.05) is 6.07 Å². The van der Waals surface area contributed by atoms with Gasteiger partial charge < -0.3 is 0 Å². The summed E-state index contributed by atoms with van der Waals surface area (Å²) in [7, 11) is 0. The van der Waals surface area contributed by atoms with E-state index in [4.69, 9.17) is 11.1 Å². The molecule has 0 N–H and O–H groups in total. The van der Waals surface area contributed by atoms with Crippen LogP contribution >= 0.6 is 0 Å². The molecule has 19 heavy (non-hydrogen) atoms. The van der Waals surface area contributed by atoms with Gasteiger partial charge in [0, 0.05) is 33.5 Å². The Morgan fingerprint density at radius 2 is 1.79 bits per heavy atom. The van der Waals surface area contributed by atoms with Crippen LogP contribution in [0.25, 0.3) is 32.0 Å². The molecule has 8 heteroatoms. The van der Waals surface area contributed by atoms with Gasteiger partial charge in [-0.3, -0.25) is 0 Å². The van der Waals surface area contributed by atoms with Gasteiger partial charge in [-0.15, -0.1) is 0 Å². The minimum Gasteiger partial charge on any atom is -0.244 e. The maximum absolute atomic E-state index is 8.50. The van der Waals surface area contributed by atoms with Crippen molar-refractivity contribution in [3.8, 4) is 11.1 Å². The first-order chi connectivity index (χ1) is 9.33. The first-order valence-corrected chi connectivity index (χ1v) is 5.29. The Kier molecular flexibility index (Phi) is 3.92. The van der Waals surface area contributed by atoms with E-state index in [0.29, 0.717) is 5.69 Å². The topological polar surface area (TPSA) is 123 Å². The molecular formula is C11H8N8. The van der Waals surface area contributed by atoms with Crippen LogP contribution in [-0.4, -0.2) is 9.97 Å². The molecule has 8 nitrogen and oxygen atoms in total. The fraction of sp³-hybridized carbons (Fsp3) is 0.0909. The van der Waals surface area contributed by atoms with Gasteiger partial charge in [0.25, 0.3) is 0 Å². The first-order valence-electron chi connectivity index (χ1n) is 5.29. The molecule has 0 radical (unpaired) electrons. The van der Waals surface area contributed by atoms with Crippen molar-refractivity contribution in [1.82, 2.24) is 9.97 Å². The van der Waals surface area contributed by atoms with Crippen molar-refractivity contribution in [1.29, 1.82) is 0 Å². The Bertz CT molecular complexity index is 668. The second-order valence-electron chi connectivity index (χ2n) is 3.59. The number of azide groups is 2. The quantitative estimate of drug-likeness (QED) is 0.465. The molecule has 0 atom stereocenters. The van der Waals surface area contributed by atoms with Gasteiger partial charge in [0.1, 0.15) is 6.33 Å². The van der Waals surface area contributed by atoms with Crippen molar-refractivity contribution >= 4 is 5.69 Å². The van der Waals surface area contributed by atoms with Crippen molar-refractivity contribution in [2.75, 3.05) is 0 Å². The molecule has 1 aromatic carbocycles. The lowest BCUT2D eigenvalue weighted by atomic mass is 10.0. The van der Waals surface area contributed by atoms with Crippen molar-refractivity contribution in [2.24, 2.45) is 10.2 Å². The molecule has 1 heterocycles. The van der Waals surface area contributed by atoms with Crippen molar-refractivity contribution in [2.45, 2.75) is 6.54 Å². The van der Waals surface area contributed by atoms with E-state index in [-0.39, 0.29) is 6.54 Å². The highest BCUT2D eigenvalue weighted by Gasteiger charge is 2.03. The molecule has 0 spiro atoms. The predicted molar refractivity (Wildman–Crippen MR) is 69.1 cm³/mol. The molecule has 0 aliphatic heterocycles. The van der Waals surface area contributed by atoms with Crippen LogP contribution in [0.5, 0.6) is 0 Å². The van der Waals surface area contributed by atoms with Gasteiger partial charge in [-0.1, -0.05) is 16.3 Å². The Morgan fingerprint density at radius 3 is 2.47 bits per heavy atom. The van der Waals surface area contributed by atoms with Crippen LogP contribution in [0.1, 0.15) is 5.56 Å². The predicted octanol–water partition coefficient (Wildman–Crippen LogP) is 3.90. The van der Waals surface area contributed by atoms with Gasteiger partial charge in [-0.2, -0.15) is 0 Å². The van der Waals surface area contributed by atoms with Crippen LogP contribution in [0.15, 0.2) is 47.1 Å². The fourth-order valence-electron chi connectivity index (χ4n) is 1.60. The number of nitrogens with zero attached hydrogens (tertiary/aromatic N) is 8. The van der Waals surface area contributed by atoms with E-state index in [1.54, 1.807) is 24.5 Å². The highest BCUT2D eigenvalue weighted by atomic mass is 15.1. The van der Waals surface area contributed by atoms with E-state index < -0.39 is 0 Å². The van der Waals surface area contributed by atoms with Gasteiger partial charge in [0.15, 0.2) is 0 Å². The van der Waals surface area contributed by atoms with E-state index in [9.17, 15) is 0 Å². The zero-order valence-electron chi connectivity index (χ0n) is 9.75. The summed E-state index contributed by atoms with van der Waals surface area (Å²) in [5.41, 5.74) is 19.6. The van der Waals surface area contributed by atoms with Gasteiger partial charge in [0.05, 0.1) is 6.54 Å². The molecule has 0 unspecified atom stereocenters. The molecule has 0 saturated carbocycles. The van der Waals surface area contributed by atoms with Gasteiger partial charge >= 0.3 is 0 Å². The largest absolute Gasteiger partial charge is 0.244 e. The van der Waals surface area contributed by atoms with Crippen LogP contribution < -0.4 is 0 Å². The average Bonchev–Trinajstić information content (AvgIpc) is 2.46. The molecule has 0 fully saturated rings. The molecule has 2 aromatic rings. The van der Waals surface area contributed by atoms with Crippen molar-refractivity contribution in [3.05, 3.63) is 63.4 Å². The second-order valence-corrected chi connectivity index (χ2v) is 3.59. The van der Waals surface area contributed by atoms with E-state index in [0.717, 1.165) is 16.7 Å². The maximum Gasteiger partial charge on any atom is 0.115 e. The van der Waals surface area contributed by atoms with Crippen LogP contribution in [0, 0.1) is 0 Å². The fourth-order valence-corrected chi connectivity index (χ4v) is 1.60. The normalized spacial score (nSPS) is 9.26.